The van der Waals surface area contributed by atoms with Gasteiger partial charge in [-0.05, 0) is 116 Å². The standard InChI is InChI=1S/C64H105N2O6P/c1-6-8-10-12-14-16-18-20-22-23-24-25-26-27-28-29-30-31-32-33-34-35-36-37-38-39-40-41-42-43-44-46-48-50-52-54-56-58-64(68)65-62(61-72-73(69,70)71-60-59-66(3,4)5)63(67)57-55-53-51-49-47-45-21-19-17-15-13-11-9-7-2/h8,10,14,16,20,22,24-25,27-28,30-31,33-34,36-37,39-40,42-43,46-49,55,57,62-63,67H,6-7,9,11-13,15,17-19,21,23,26,29,32,35,38,41,44-45,50-54,56,58-61H2,1-5H3,(H-,65,68,69,70)/b10-8-,16-14-,22-20-,25-24-,28-27-,31-30-,34-33-,37-36-,40-39-,43-42-,48-46-,49-47+,57-55+. The van der Waals surface area contributed by atoms with E-state index in [1.165, 1.54) is 51.4 Å². The number of rotatable bonds is 49. The molecule has 412 valence electrons. The lowest BCUT2D eigenvalue weighted by Crippen LogP contribution is -2.45. The molecule has 0 saturated heterocycles. The zero-order chi connectivity index (χ0) is 53.5. The van der Waals surface area contributed by atoms with E-state index < -0.39 is 26.6 Å². The number of phosphoric acid groups is 1. The molecule has 0 aromatic rings. The normalized spacial score (nSPS) is 15.1. The smallest absolute Gasteiger partial charge is 0.268 e. The van der Waals surface area contributed by atoms with Gasteiger partial charge in [-0.1, -0.05) is 223 Å². The van der Waals surface area contributed by atoms with Gasteiger partial charge in [0.2, 0.25) is 5.91 Å². The van der Waals surface area contributed by atoms with Gasteiger partial charge >= 0.3 is 0 Å². The van der Waals surface area contributed by atoms with Crippen LogP contribution in [-0.4, -0.2) is 68.5 Å². The lowest BCUT2D eigenvalue weighted by molar-refractivity contribution is -0.870. The molecular weight excluding hydrogens is 924 g/mol. The van der Waals surface area contributed by atoms with Gasteiger partial charge < -0.3 is 28.8 Å². The summed E-state index contributed by atoms with van der Waals surface area (Å²) in [6.45, 7) is 4.45. The van der Waals surface area contributed by atoms with Crippen LogP contribution >= 0.6 is 7.82 Å². The predicted octanol–water partition coefficient (Wildman–Crippen LogP) is 16.8. The summed E-state index contributed by atoms with van der Waals surface area (Å²) in [4.78, 5) is 25.4. The van der Waals surface area contributed by atoms with Crippen molar-refractivity contribution >= 4 is 13.7 Å². The molecular formula is C64H105N2O6P. The predicted molar refractivity (Wildman–Crippen MR) is 315 cm³/mol. The monoisotopic (exact) mass is 1030 g/mol. The van der Waals surface area contributed by atoms with E-state index in [0.29, 0.717) is 17.4 Å². The Kier molecular flexibility index (Phi) is 50.1. The van der Waals surface area contributed by atoms with Gasteiger partial charge in [-0.2, -0.15) is 0 Å². The Morgan fingerprint density at radius 2 is 0.849 bits per heavy atom. The molecule has 0 aliphatic carbocycles. The van der Waals surface area contributed by atoms with Crippen molar-refractivity contribution in [2.45, 2.75) is 199 Å². The average molecular weight is 1030 g/mol. The van der Waals surface area contributed by atoms with Crippen molar-refractivity contribution in [3.8, 4) is 0 Å². The topological polar surface area (TPSA) is 108 Å². The van der Waals surface area contributed by atoms with Crippen molar-refractivity contribution < 1.29 is 32.9 Å². The fourth-order valence-electron chi connectivity index (χ4n) is 7.05. The zero-order valence-corrected chi connectivity index (χ0v) is 47.7. The molecule has 9 heteroatoms. The number of amides is 1. The van der Waals surface area contributed by atoms with E-state index in [1.807, 2.05) is 27.2 Å². The first-order valence-corrected chi connectivity index (χ1v) is 29.8. The van der Waals surface area contributed by atoms with Crippen molar-refractivity contribution in [1.29, 1.82) is 0 Å². The second-order valence-corrected chi connectivity index (χ2v) is 21.0. The molecule has 0 aromatic carbocycles. The zero-order valence-electron chi connectivity index (χ0n) is 46.8. The van der Waals surface area contributed by atoms with Gasteiger partial charge in [0.25, 0.3) is 7.82 Å². The third-order valence-corrected chi connectivity index (χ3v) is 12.4. The first-order chi connectivity index (χ1) is 35.5. The van der Waals surface area contributed by atoms with Gasteiger partial charge in [0, 0.05) is 6.42 Å². The Balaban J connectivity index is 4.30. The first kappa shape index (κ1) is 69.1. The van der Waals surface area contributed by atoms with Crippen LogP contribution in [0.2, 0.25) is 0 Å². The molecule has 3 unspecified atom stereocenters. The van der Waals surface area contributed by atoms with Gasteiger partial charge in [-0.15, -0.1) is 0 Å². The molecule has 73 heavy (non-hydrogen) atoms. The quantitative estimate of drug-likeness (QED) is 0.0272. The van der Waals surface area contributed by atoms with Gasteiger partial charge in [0.1, 0.15) is 13.2 Å². The number of hydrogen-bond donors (Lipinski definition) is 2. The van der Waals surface area contributed by atoms with Crippen LogP contribution in [0.1, 0.15) is 187 Å². The molecule has 0 fully saturated rings. The molecule has 0 rings (SSSR count). The van der Waals surface area contributed by atoms with E-state index in [4.69, 9.17) is 9.05 Å². The first-order valence-electron chi connectivity index (χ1n) is 28.3. The lowest BCUT2D eigenvalue weighted by Gasteiger charge is -2.29. The highest BCUT2D eigenvalue weighted by Crippen LogP contribution is 2.38. The highest BCUT2D eigenvalue weighted by molar-refractivity contribution is 7.45. The molecule has 0 aliphatic heterocycles. The number of carbonyl (C=O) groups is 1. The number of carbonyl (C=O) groups excluding carboxylic acids is 1. The number of likely N-dealkylation sites (N-methyl/N-ethyl adjacent to an activating group) is 1. The van der Waals surface area contributed by atoms with Crippen LogP contribution < -0.4 is 10.2 Å². The van der Waals surface area contributed by atoms with Crippen molar-refractivity contribution in [2.24, 2.45) is 0 Å². The fraction of sp³-hybridized carbons (Fsp3) is 0.578. The highest BCUT2D eigenvalue weighted by Gasteiger charge is 2.23. The molecule has 3 atom stereocenters. The fourth-order valence-corrected chi connectivity index (χ4v) is 7.78. The summed E-state index contributed by atoms with van der Waals surface area (Å²) in [5.41, 5.74) is 0. The second kappa shape index (κ2) is 53.0. The number of aliphatic hydroxyl groups excluding tert-OH is 1. The number of nitrogens with zero attached hydrogens (tertiary/aromatic N) is 1. The number of nitrogens with one attached hydrogen (secondary N) is 1. The molecule has 0 aromatic heterocycles. The minimum absolute atomic E-state index is 0.0222. The van der Waals surface area contributed by atoms with Crippen LogP contribution in [0.4, 0.5) is 0 Å². The van der Waals surface area contributed by atoms with Gasteiger partial charge in [0.15, 0.2) is 0 Å². The van der Waals surface area contributed by atoms with Gasteiger partial charge in [-0.25, -0.2) is 0 Å². The van der Waals surface area contributed by atoms with Crippen LogP contribution in [0.25, 0.3) is 0 Å². The Hall–Kier alpha value is -3.88. The minimum atomic E-state index is -4.62. The number of quaternary nitrogens is 1. The van der Waals surface area contributed by atoms with E-state index >= 15 is 0 Å². The average Bonchev–Trinajstić information content (AvgIpc) is 3.35. The van der Waals surface area contributed by atoms with E-state index in [9.17, 15) is 19.4 Å². The highest BCUT2D eigenvalue weighted by atomic mass is 31.2. The van der Waals surface area contributed by atoms with Crippen molar-refractivity contribution in [3.63, 3.8) is 0 Å². The van der Waals surface area contributed by atoms with Crippen LogP contribution in [-0.2, 0) is 18.4 Å². The molecule has 0 saturated carbocycles. The molecule has 0 aliphatic rings. The SMILES string of the molecule is CC/C=C\C/C=C\C/C=C\C/C=C\C/C=C\C/C=C\C/C=C\C/C=C\C/C=C\C/C=C\C/C=C\CCCCCC(=O)NC(COP(=O)([O-])OCC[N+](C)(C)C)C(O)/C=C/CC/C=C/CCCCCCCCCC. The second-order valence-electron chi connectivity index (χ2n) is 19.5. The van der Waals surface area contributed by atoms with Crippen molar-refractivity contribution in [1.82, 2.24) is 5.32 Å². The van der Waals surface area contributed by atoms with Gasteiger partial charge in [-0.3, -0.25) is 9.36 Å². The van der Waals surface area contributed by atoms with Crippen LogP contribution in [0.15, 0.2) is 158 Å². The summed E-state index contributed by atoms with van der Waals surface area (Å²) >= 11 is 0. The van der Waals surface area contributed by atoms with E-state index in [-0.39, 0.29) is 18.9 Å². The molecule has 2 N–H and O–H groups in total. The number of phosphoric ester groups is 1. The van der Waals surface area contributed by atoms with Gasteiger partial charge in [0.05, 0.1) is 39.9 Å². The maximum absolute atomic E-state index is 12.9. The summed E-state index contributed by atoms with van der Waals surface area (Å²) in [7, 11) is 1.19. The molecule has 1 amide bonds. The number of unbranched alkanes of at least 4 members (excludes halogenated alkanes) is 12. The van der Waals surface area contributed by atoms with Crippen LogP contribution in [0.3, 0.4) is 0 Å². The minimum Gasteiger partial charge on any atom is -0.756 e. The van der Waals surface area contributed by atoms with E-state index in [2.05, 4.69) is 165 Å². The molecule has 8 nitrogen and oxygen atoms in total. The number of allylic oxidation sites excluding steroid dienone is 25. The molecule has 0 heterocycles. The number of hydrogen-bond acceptors (Lipinski definition) is 6. The number of aliphatic hydroxyl groups is 1. The Bertz CT molecular complexity index is 1740. The Morgan fingerprint density at radius 1 is 0.493 bits per heavy atom. The maximum Gasteiger partial charge on any atom is 0.268 e. The molecule has 0 bridgehead atoms. The molecule has 0 radical (unpaired) electrons. The Morgan fingerprint density at radius 3 is 1.27 bits per heavy atom. The largest absolute Gasteiger partial charge is 0.756 e. The maximum atomic E-state index is 12.9. The lowest BCUT2D eigenvalue weighted by atomic mass is 10.1. The summed E-state index contributed by atoms with van der Waals surface area (Å²) in [5, 5.41) is 13.8. The van der Waals surface area contributed by atoms with Crippen LogP contribution in [0.5, 0.6) is 0 Å². The summed E-state index contributed by atoms with van der Waals surface area (Å²) in [6.07, 6.45) is 83.2. The van der Waals surface area contributed by atoms with Crippen molar-refractivity contribution in [3.05, 3.63) is 158 Å². The Labute approximate surface area is 448 Å². The summed E-state index contributed by atoms with van der Waals surface area (Å²) in [6, 6.07) is -0.933. The third-order valence-electron chi connectivity index (χ3n) is 11.5. The third kappa shape index (κ3) is 55.7. The summed E-state index contributed by atoms with van der Waals surface area (Å²) in [5.74, 6) is -0.247. The van der Waals surface area contributed by atoms with E-state index in [1.54, 1.807) is 6.08 Å². The molecule has 0 spiro atoms. The van der Waals surface area contributed by atoms with E-state index in [0.717, 1.165) is 109 Å². The van der Waals surface area contributed by atoms with Crippen molar-refractivity contribution in [2.75, 3.05) is 40.9 Å². The van der Waals surface area contributed by atoms with Crippen LogP contribution in [0, 0.1) is 0 Å². The summed E-state index contributed by atoms with van der Waals surface area (Å²) < 4.78 is 23.2.